The topological polar surface area (TPSA) is 78.9 Å². The Morgan fingerprint density at radius 1 is 1.35 bits per heavy atom. The summed E-state index contributed by atoms with van der Waals surface area (Å²) in [5.74, 6) is 1.12. The monoisotopic (exact) mass is 343 g/mol. The van der Waals surface area contributed by atoms with Crippen molar-refractivity contribution in [2.75, 3.05) is 23.7 Å². The van der Waals surface area contributed by atoms with Gasteiger partial charge in [-0.1, -0.05) is 13.8 Å². The first-order chi connectivity index (χ1) is 9.58. The molecule has 7 heteroatoms. The zero-order chi connectivity index (χ0) is 15.0. The van der Waals surface area contributed by atoms with Crippen LogP contribution in [0.2, 0.25) is 0 Å². The maximum atomic E-state index is 11.8. The number of anilines is 2. The molecule has 112 valence electrons. The second-order valence-corrected chi connectivity index (χ2v) is 5.33. The Morgan fingerprint density at radius 3 is 2.70 bits per heavy atom. The second-order valence-electron chi connectivity index (χ2n) is 4.47. The van der Waals surface area contributed by atoms with Gasteiger partial charge in [-0.05, 0) is 35.7 Å². The standard InChI is InChI=1S/C13H22BrN5O/c1-4-6-15-12(20)9(3)18-11-10(14)8-17-13(19-11)16-7-5-2/h8-9H,4-7H2,1-3H3,(H,15,20)(H2,16,17,18,19). The van der Waals surface area contributed by atoms with Crippen LogP contribution in [-0.2, 0) is 4.79 Å². The fraction of sp³-hybridized carbons (Fsp3) is 0.615. The number of carbonyl (C=O) groups is 1. The summed E-state index contributed by atoms with van der Waals surface area (Å²) in [5, 5.41) is 9.05. The molecule has 0 aromatic carbocycles. The van der Waals surface area contributed by atoms with E-state index in [9.17, 15) is 4.79 Å². The van der Waals surface area contributed by atoms with Crippen molar-refractivity contribution in [2.45, 2.75) is 39.7 Å². The highest BCUT2D eigenvalue weighted by Crippen LogP contribution is 2.20. The summed E-state index contributed by atoms with van der Waals surface area (Å²) in [6.45, 7) is 7.39. The molecule has 0 bridgehead atoms. The Morgan fingerprint density at radius 2 is 2.05 bits per heavy atom. The van der Waals surface area contributed by atoms with Crippen LogP contribution in [0.3, 0.4) is 0 Å². The van der Waals surface area contributed by atoms with Gasteiger partial charge in [-0.25, -0.2) is 4.98 Å². The number of hydrogen-bond acceptors (Lipinski definition) is 5. The van der Waals surface area contributed by atoms with Crippen molar-refractivity contribution < 1.29 is 4.79 Å². The van der Waals surface area contributed by atoms with E-state index in [1.165, 1.54) is 0 Å². The molecule has 0 aliphatic carbocycles. The zero-order valence-electron chi connectivity index (χ0n) is 12.2. The lowest BCUT2D eigenvalue weighted by atomic mass is 10.3. The molecule has 1 aromatic heterocycles. The Bertz CT molecular complexity index is 441. The third-order valence-corrected chi connectivity index (χ3v) is 3.15. The van der Waals surface area contributed by atoms with Crippen molar-refractivity contribution in [3.05, 3.63) is 10.7 Å². The maximum Gasteiger partial charge on any atom is 0.242 e. The molecule has 0 fully saturated rings. The van der Waals surface area contributed by atoms with E-state index < -0.39 is 0 Å². The fourth-order valence-electron chi connectivity index (χ4n) is 1.46. The van der Waals surface area contributed by atoms with Gasteiger partial charge in [-0.15, -0.1) is 0 Å². The van der Waals surface area contributed by atoms with Crippen LogP contribution in [0.1, 0.15) is 33.6 Å². The molecule has 1 heterocycles. The average Bonchev–Trinajstić information content (AvgIpc) is 2.45. The van der Waals surface area contributed by atoms with Crippen molar-refractivity contribution in [1.82, 2.24) is 15.3 Å². The van der Waals surface area contributed by atoms with Crippen LogP contribution in [0, 0.1) is 0 Å². The van der Waals surface area contributed by atoms with Gasteiger partial charge in [0.05, 0.1) is 4.47 Å². The lowest BCUT2D eigenvalue weighted by Gasteiger charge is -2.16. The molecule has 0 saturated heterocycles. The SMILES string of the molecule is CCCNC(=O)C(C)Nc1nc(NCCC)ncc1Br. The van der Waals surface area contributed by atoms with Crippen LogP contribution >= 0.6 is 15.9 Å². The first-order valence-corrected chi connectivity index (χ1v) is 7.68. The van der Waals surface area contributed by atoms with Gasteiger partial charge in [0, 0.05) is 19.3 Å². The first kappa shape index (κ1) is 16.7. The highest BCUT2D eigenvalue weighted by Gasteiger charge is 2.14. The molecule has 0 saturated carbocycles. The van der Waals surface area contributed by atoms with Crippen molar-refractivity contribution in [2.24, 2.45) is 0 Å². The Labute approximate surface area is 128 Å². The minimum Gasteiger partial charge on any atom is -0.358 e. The van der Waals surface area contributed by atoms with Crippen molar-refractivity contribution >= 4 is 33.6 Å². The van der Waals surface area contributed by atoms with E-state index in [2.05, 4.69) is 48.8 Å². The molecule has 6 nitrogen and oxygen atoms in total. The smallest absolute Gasteiger partial charge is 0.242 e. The Hall–Kier alpha value is -1.37. The quantitative estimate of drug-likeness (QED) is 0.675. The van der Waals surface area contributed by atoms with Gasteiger partial charge in [0.1, 0.15) is 11.9 Å². The molecule has 1 amide bonds. The Kier molecular flexibility index (Phi) is 7.28. The first-order valence-electron chi connectivity index (χ1n) is 6.89. The van der Waals surface area contributed by atoms with Crippen LogP contribution in [0.15, 0.2) is 10.7 Å². The summed E-state index contributed by atoms with van der Waals surface area (Å²) >= 11 is 3.38. The molecule has 1 aromatic rings. The predicted molar refractivity (Wildman–Crippen MR) is 84.9 cm³/mol. The number of amides is 1. The van der Waals surface area contributed by atoms with Gasteiger partial charge in [0.15, 0.2) is 0 Å². The zero-order valence-corrected chi connectivity index (χ0v) is 13.7. The van der Waals surface area contributed by atoms with Gasteiger partial charge in [0.25, 0.3) is 0 Å². The summed E-state index contributed by atoms with van der Waals surface area (Å²) < 4.78 is 0.731. The number of aromatic nitrogens is 2. The summed E-state index contributed by atoms with van der Waals surface area (Å²) in [5.41, 5.74) is 0. The number of halogens is 1. The van der Waals surface area contributed by atoms with E-state index in [0.29, 0.717) is 18.3 Å². The summed E-state index contributed by atoms with van der Waals surface area (Å²) in [6, 6.07) is -0.355. The largest absolute Gasteiger partial charge is 0.358 e. The molecular weight excluding hydrogens is 322 g/mol. The predicted octanol–water partition coefficient (Wildman–Crippen LogP) is 2.39. The fourth-order valence-corrected chi connectivity index (χ4v) is 1.77. The number of nitrogens with one attached hydrogen (secondary N) is 3. The molecule has 1 rings (SSSR count). The third-order valence-electron chi connectivity index (χ3n) is 2.57. The van der Waals surface area contributed by atoms with Gasteiger partial charge >= 0.3 is 0 Å². The highest BCUT2D eigenvalue weighted by molar-refractivity contribution is 9.10. The van der Waals surface area contributed by atoms with E-state index in [1.54, 1.807) is 13.1 Å². The Balaban J connectivity index is 2.67. The summed E-state index contributed by atoms with van der Waals surface area (Å²) in [6.07, 6.45) is 3.59. The minimum atomic E-state index is -0.355. The van der Waals surface area contributed by atoms with Gasteiger partial charge < -0.3 is 16.0 Å². The van der Waals surface area contributed by atoms with Gasteiger partial charge in [-0.3, -0.25) is 4.79 Å². The molecule has 3 N–H and O–H groups in total. The lowest BCUT2D eigenvalue weighted by molar-refractivity contribution is -0.121. The second kappa shape index (κ2) is 8.73. The van der Waals surface area contributed by atoms with Crippen molar-refractivity contribution in [3.63, 3.8) is 0 Å². The number of carbonyl (C=O) groups excluding carboxylic acids is 1. The number of nitrogens with zero attached hydrogens (tertiary/aromatic N) is 2. The summed E-state index contributed by atoms with van der Waals surface area (Å²) in [4.78, 5) is 20.3. The normalized spacial score (nSPS) is 11.8. The van der Waals surface area contributed by atoms with E-state index >= 15 is 0 Å². The molecule has 1 unspecified atom stereocenters. The van der Waals surface area contributed by atoms with Crippen LogP contribution in [0.4, 0.5) is 11.8 Å². The van der Waals surface area contributed by atoms with Crippen molar-refractivity contribution in [3.8, 4) is 0 Å². The van der Waals surface area contributed by atoms with Crippen molar-refractivity contribution in [1.29, 1.82) is 0 Å². The lowest BCUT2D eigenvalue weighted by Crippen LogP contribution is -2.38. The average molecular weight is 344 g/mol. The van der Waals surface area contributed by atoms with E-state index in [-0.39, 0.29) is 11.9 Å². The van der Waals surface area contributed by atoms with E-state index in [0.717, 1.165) is 23.9 Å². The third kappa shape index (κ3) is 5.32. The van der Waals surface area contributed by atoms with E-state index in [4.69, 9.17) is 0 Å². The van der Waals surface area contributed by atoms with Crippen LogP contribution < -0.4 is 16.0 Å². The van der Waals surface area contributed by atoms with Gasteiger partial charge in [0.2, 0.25) is 11.9 Å². The number of rotatable bonds is 8. The molecule has 0 spiro atoms. The molecule has 0 aliphatic heterocycles. The van der Waals surface area contributed by atoms with Gasteiger partial charge in [-0.2, -0.15) is 4.98 Å². The molecular formula is C13H22BrN5O. The summed E-state index contributed by atoms with van der Waals surface area (Å²) in [7, 11) is 0. The molecule has 0 radical (unpaired) electrons. The van der Waals surface area contributed by atoms with Crippen LogP contribution in [0.5, 0.6) is 0 Å². The van der Waals surface area contributed by atoms with Crippen LogP contribution in [-0.4, -0.2) is 35.0 Å². The van der Waals surface area contributed by atoms with E-state index in [1.807, 2.05) is 6.92 Å². The molecule has 20 heavy (non-hydrogen) atoms. The number of hydrogen-bond donors (Lipinski definition) is 3. The maximum absolute atomic E-state index is 11.8. The van der Waals surface area contributed by atoms with Crippen LogP contribution in [0.25, 0.3) is 0 Å². The highest BCUT2D eigenvalue weighted by atomic mass is 79.9. The molecule has 1 atom stereocenters. The molecule has 0 aliphatic rings. The minimum absolute atomic E-state index is 0.0413.